The monoisotopic (exact) mass is 331 g/mol. The number of rotatable bonds is 4. The smallest absolute Gasteiger partial charge is 0.306 e. The van der Waals surface area contributed by atoms with Crippen LogP contribution in [0, 0.1) is 5.92 Å². The fourth-order valence-electron chi connectivity index (χ4n) is 3.80. The van der Waals surface area contributed by atoms with Crippen molar-refractivity contribution >= 4 is 11.9 Å². The number of carbonyl (C=O) groups is 2. The first-order valence-electron chi connectivity index (χ1n) is 8.56. The summed E-state index contributed by atoms with van der Waals surface area (Å²) >= 11 is 0. The number of amides is 1. The molecule has 1 amide bonds. The van der Waals surface area contributed by atoms with Crippen molar-refractivity contribution in [3.8, 4) is 0 Å². The van der Waals surface area contributed by atoms with Gasteiger partial charge >= 0.3 is 5.97 Å². The largest absolute Gasteiger partial charge is 0.481 e. The molecule has 1 heterocycles. The Kier molecular flexibility index (Phi) is 4.38. The van der Waals surface area contributed by atoms with E-state index in [4.69, 9.17) is 9.84 Å². The molecule has 130 valence electrons. The van der Waals surface area contributed by atoms with E-state index in [-0.39, 0.29) is 23.5 Å². The molecular weight excluding hydrogens is 306 g/mol. The van der Waals surface area contributed by atoms with Gasteiger partial charge in [-0.25, -0.2) is 0 Å². The van der Waals surface area contributed by atoms with Gasteiger partial charge in [0, 0.05) is 12.6 Å². The third-order valence-electron chi connectivity index (χ3n) is 5.48. The van der Waals surface area contributed by atoms with E-state index in [1.807, 2.05) is 44.2 Å². The molecule has 3 rings (SSSR count). The van der Waals surface area contributed by atoms with E-state index in [0.29, 0.717) is 25.9 Å². The lowest BCUT2D eigenvalue weighted by atomic mass is 9.66. The molecule has 2 N–H and O–H groups in total. The molecule has 2 fully saturated rings. The van der Waals surface area contributed by atoms with Gasteiger partial charge in [-0.05, 0) is 45.1 Å². The Hall–Kier alpha value is -1.88. The van der Waals surface area contributed by atoms with Gasteiger partial charge in [0.2, 0.25) is 5.91 Å². The van der Waals surface area contributed by atoms with Gasteiger partial charge in [0.1, 0.15) is 0 Å². The summed E-state index contributed by atoms with van der Waals surface area (Å²) in [5.41, 5.74) is 0.0328. The fourth-order valence-corrected chi connectivity index (χ4v) is 3.80. The number of benzene rings is 1. The van der Waals surface area contributed by atoms with Crippen molar-refractivity contribution in [2.24, 2.45) is 5.92 Å². The second-order valence-electron chi connectivity index (χ2n) is 7.63. The fraction of sp³-hybridized carbons (Fsp3) is 0.579. The minimum Gasteiger partial charge on any atom is -0.481 e. The molecule has 24 heavy (non-hydrogen) atoms. The number of nitrogens with one attached hydrogen (secondary N) is 1. The molecule has 1 saturated heterocycles. The van der Waals surface area contributed by atoms with Crippen molar-refractivity contribution in [2.45, 2.75) is 56.6 Å². The van der Waals surface area contributed by atoms with Crippen LogP contribution < -0.4 is 5.32 Å². The molecule has 1 aromatic rings. The predicted molar refractivity (Wildman–Crippen MR) is 89.7 cm³/mol. The lowest BCUT2D eigenvalue weighted by molar-refractivity contribution is -0.182. The average Bonchev–Trinajstić information content (AvgIpc) is 2.53. The SMILES string of the molecule is CC(C)(C(=O)NC1CCOC2(C1)CC(C(=O)O)C2)c1ccccc1. The summed E-state index contributed by atoms with van der Waals surface area (Å²) in [6, 6.07) is 9.80. The highest BCUT2D eigenvalue weighted by molar-refractivity contribution is 5.87. The molecule has 1 aromatic carbocycles. The molecule has 1 atom stereocenters. The van der Waals surface area contributed by atoms with Crippen molar-refractivity contribution in [3.05, 3.63) is 35.9 Å². The van der Waals surface area contributed by atoms with E-state index in [9.17, 15) is 9.59 Å². The zero-order valence-electron chi connectivity index (χ0n) is 14.2. The van der Waals surface area contributed by atoms with Gasteiger partial charge in [0.15, 0.2) is 0 Å². The van der Waals surface area contributed by atoms with Crippen LogP contribution in [-0.4, -0.2) is 35.2 Å². The van der Waals surface area contributed by atoms with Crippen LogP contribution in [-0.2, 0) is 19.7 Å². The Morgan fingerprint density at radius 3 is 2.50 bits per heavy atom. The molecule has 0 bridgehead atoms. The zero-order chi connectivity index (χ0) is 17.4. The van der Waals surface area contributed by atoms with E-state index in [2.05, 4.69) is 5.32 Å². The van der Waals surface area contributed by atoms with Crippen molar-refractivity contribution in [2.75, 3.05) is 6.61 Å². The Morgan fingerprint density at radius 2 is 1.88 bits per heavy atom. The third-order valence-corrected chi connectivity index (χ3v) is 5.48. The molecule has 5 nitrogen and oxygen atoms in total. The zero-order valence-corrected chi connectivity index (χ0v) is 14.2. The summed E-state index contributed by atoms with van der Waals surface area (Å²) < 4.78 is 5.85. The van der Waals surface area contributed by atoms with E-state index >= 15 is 0 Å². The van der Waals surface area contributed by atoms with Crippen LogP contribution in [0.3, 0.4) is 0 Å². The molecule has 1 aliphatic heterocycles. The topological polar surface area (TPSA) is 75.6 Å². The maximum absolute atomic E-state index is 12.8. The number of aliphatic carboxylic acids is 1. The summed E-state index contributed by atoms with van der Waals surface area (Å²) in [5.74, 6) is -1.05. The lowest BCUT2D eigenvalue weighted by Gasteiger charge is -2.50. The molecule has 1 spiro atoms. The van der Waals surface area contributed by atoms with Crippen LogP contribution in [0.25, 0.3) is 0 Å². The van der Waals surface area contributed by atoms with E-state index in [1.165, 1.54) is 0 Å². The minimum atomic E-state index is -0.749. The number of hydrogen-bond acceptors (Lipinski definition) is 3. The highest BCUT2D eigenvalue weighted by atomic mass is 16.5. The van der Waals surface area contributed by atoms with Crippen LogP contribution in [0.4, 0.5) is 0 Å². The van der Waals surface area contributed by atoms with Crippen molar-refractivity contribution in [3.63, 3.8) is 0 Å². The molecule has 0 aromatic heterocycles. The molecule has 5 heteroatoms. The highest BCUT2D eigenvalue weighted by Gasteiger charge is 2.51. The van der Waals surface area contributed by atoms with E-state index in [0.717, 1.165) is 12.0 Å². The van der Waals surface area contributed by atoms with Crippen molar-refractivity contribution < 1.29 is 19.4 Å². The van der Waals surface area contributed by atoms with Gasteiger partial charge in [-0.15, -0.1) is 0 Å². The minimum absolute atomic E-state index is 0.00450. The predicted octanol–water partition coefficient (Wildman–Crippen LogP) is 2.49. The summed E-state index contributed by atoms with van der Waals surface area (Å²) in [5, 5.41) is 12.2. The van der Waals surface area contributed by atoms with Gasteiger partial charge in [0.25, 0.3) is 0 Å². The van der Waals surface area contributed by atoms with Crippen LogP contribution >= 0.6 is 0 Å². The van der Waals surface area contributed by atoms with Crippen LogP contribution in [0.1, 0.15) is 45.1 Å². The normalized spacial score (nSPS) is 29.8. The van der Waals surface area contributed by atoms with Gasteiger partial charge < -0.3 is 15.2 Å². The van der Waals surface area contributed by atoms with Crippen molar-refractivity contribution in [1.29, 1.82) is 0 Å². The van der Waals surface area contributed by atoms with Crippen molar-refractivity contribution in [1.82, 2.24) is 5.32 Å². The van der Waals surface area contributed by atoms with Gasteiger partial charge in [-0.1, -0.05) is 30.3 Å². The first kappa shape index (κ1) is 17.0. The Morgan fingerprint density at radius 1 is 1.21 bits per heavy atom. The number of carboxylic acids is 1. The standard InChI is InChI=1S/C19H25NO4/c1-18(2,14-6-4-3-5-7-14)17(23)20-15-8-9-24-19(12-15)10-13(11-19)16(21)22/h3-7,13,15H,8-12H2,1-2H3,(H,20,23)(H,21,22). The summed E-state index contributed by atoms with van der Waals surface area (Å²) in [6.07, 6.45) is 2.58. The van der Waals surface area contributed by atoms with Gasteiger partial charge in [-0.2, -0.15) is 0 Å². The molecule has 1 saturated carbocycles. The van der Waals surface area contributed by atoms with E-state index in [1.54, 1.807) is 0 Å². The van der Waals surface area contributed by atoms with Crippen LogP contribution in [0.2, 0.25) is 0 Å². The first-order valence-corrected chi connectivity index (χ1v) is 8.56. The molecule has 1 unspecified atom stereocenters. The van der Waals surface area contributed by atoms with Gasteiger partial charge in [0.05, 0.1) is 16.9 Å². The lowest BCUT2D eigenvalue weighted by Crippen LogP contribution is -2.57. The quantitative estimate of drug-likeness (QED) is 0.889. The summed E-state index contributed by atoms with van der Waals surface area (Å²) in [6.45, 7) is 4.43. The summed E-state index contributed by atoms with van der Waals surface area (Å²) in [7, 11) is 0. The number of ether oxygens (including phenoxy) is 1. The maximum atomic E-state index is 12.8. The Balaban J connectivity index is 1.62. The maximum Gasteiger partial charge on any atom is 0.306 e. The molecule has 0 radical (unpaired) electrons. The van der Waals surface area contributed by atoms with Crippen LogP contribution in [0.5, 0.6) is 0 Å². The Labute approximate surface area is 142 Å². The third kappa shape index (κ3) is 3.18. The van der Waals surface area contributed by atoms with Crippen LogP contribution in [0.15, 0.2) is 30.3 Å². The molecule has 1 aliphatic carbocycles. The second kappa shape index (κ2) is 6.20. The number of hydrogen-bond donors (Lipinski definition) is 2. The highest BCUT2D eigenvalue weighted by Crippen LogP contribution is 2.46. The van der Waals surface area contributed by atoms with E-state index < -0.39 is 11.4 Å². The summed E-state index contributed by atoms with van der Waals surface area (Å²) in [4.78, 5) is 23.8. The number of carboxylic acid groups (broad SMARTS) is 1. The van der Waals surface area contributed by atoms with Gasteiger partial charge in [-0.3, -0.25) is 9.59 Å². The first-order chi connectivity index (χ1) is 11.3. The molecular formula is C19H25NO4. The Bertz CT molecular complexity index is 620. The second-order valence-corrected chi connectivity index (χ2v) is 7.63. The average molecular weight is 331 g/mol. The molecule has 2 aliphatic rings. The number of carbonyl (C=O) groups excluding carboxylic acids is 1.